The van der Waals surface area contributed by atoms with Gasteiger partial charge in [-0.1, -0.05) is 6.07 Å². The Balaban J connectivity index is 2.96. The summed E-state index contributed by atoms with van der Waals surface area (Å²) in [4.78, 5) is 12.0. The van der Waals surface area contributed by atoms with E-state index in [0.717, 1.165) is 4.90 Å². The Morgan fingerprint density at radius 3 is 2.85 bits per heavy atom. The van der Waals surface area contributed by atoms with Gasteiger partial charge in [0.25, 0.3) is 0 Å². The lowest BCUT2D eigenvalue weighted by Crippen LogP contribution is -2.24. The van der Waals surface area contributed by atoms with Crippen molar-refractivity contribution < 1.29 is 9.18 Å². The standard InChI is InChI=1S/C9H7FN2O/c1-12(9(13)6-11)8-4-2-3-7(10)5-8/h2-5H,1H3. The molecule has 0 fully saturated rings. The summed E-state index contributed by atoms with van der Waals surface area (Å²) < 4.78 is 12.7. The maximum atomic E-state index is 12.7. The van der Waals surface area contributed by atoms with Gasteiger partial charge in [-0.05, 0) is 18.2 Å². The summed E-state index contributed by atoms with van der Waals surface area (Å²) >= 11 is 0. The minimum absolute atomic E-state index is 0.367. The highest BCUT2D eigenvalue weighted by atomic mass is 19.1. The SMILES string of the molecule is CN(C(=O)C#N)c1cccc(F)c1. The second-order valence-electron chi connectivity index (χ2n) is 2.46. The molecule has 13 heavy (non-hydrogen) atoms. The minimum Gasteiger partial charge on any atom is -0.303 e. The summed E-state index contributed by atoms with van der Waals surface area (Å²) in [5, 5.41) is 8.30. The molecule has 3 nitrogen and oxygen atoms in total. The third kappa shape index (κ3) is 2.03. The van der Waals surface area contributed by atoms with Crippen molar-refractivity contribution in [2.45, 2.75) is 0 Å². The molecular weight excluding hydrogens is 171 g/mol. The third-order valence-electron chi connectivity index (χ3n) is 1.60. The van der Waals surface area contributed by atoms with E-state index in [0.29, 0.717) is 5.69 Å². The second-order valence-corrected chi connectivity index (χ2v) is 2.46. The van der Waals surface area contributed by atoms with Gasteiger partial charge in [0.15, 0.2) is 6.07 Å². The molecule has 1 rings (SSSR count). The van der Waals surface area contributed by atoms with E-state index >= 15 is 0 Å². The van der Waals surface area contributed by atoms with Crippen LogP contribution < -0.4 is 4.90 Å². The molecule has 1 aromatic carbocycles. The van der Waals surface area contributed by atoms with E-state index in [-0.39, 0.29) is 0 Å². The molecule has 0 aromatic heterocycles. The Hall–Kier alpha value is -1.89. The number of amides is 1. The van der Waals surface area contributed by atoms with Crippen LogP contribution in [-0.4, -0.2) is 13.0 Å². The van der Waals surface area contributed by atoms with Gasteiger partial charge in [0, 0.05) is 12.7 Å². The molecule has 0 heterocycles. The first kappa shape index (κ1) is 9.20. The fourth-order valence-electron chi connectivity index (χ4n) is 0.877. The quantitative estimate of drug-likeness (QED) is 0.608. The van der Waals surface area contributed by atoms with Crippen molar-refractivity contribution in [1.82, 2.24) is 0 Å². The summed E-state index contributed by atoms with van der Waals surface area (Å²) in [5.41, 5.74) is 0.367. The highest BCUT2D eigenvalue weighted by Gasteiger charge is 2.09. The van der Waals surface area contributed by atoms with Crippen LogP contribution >= 0.6 is 0 Å². The molecule has 1 amide bonds. The van der Waals surface area contributed by atoms with Gasteiger partial charge >= 0.3 is 5.91 Å². The van der Waals surface area contributed by atoms with Crippen molar-refractivity contribution in [1.29, 1.82) is 5.26 Å². The summed E-state index contributed by atoms with van der Waals surface area (Å²) in [7, 11) is 1.42. The number of nitriles is 1. The van der Waals surface area contributed by atoms with Crippen molar-refractivity contribution in [3.05, 3.63) is 30.1 Å². The molecule has 0 radical (unpaired) electrons. The number of anilines is 1. The zero-order chi connectivity index (χ0) is 9.84. The average molecular weight is 178 g/mol. The lowest BCUT2D eigenvalue weighted by atomic mass is 10.3. The number of carbonyl (C=O) groups excluding carboxylic acids is 1. The molecule has 0 saturated carbocycles. The molecule has 0 saturated heterocycles. The van der Waals surface area contributed by atoms with Gasteiger partial charge < -0.3 is 4.90 Å². The van der Waals surface area contributed by atoms with Gasteiger partial charge in [-0.2, -0.15) is 5.26 Å². The van der Waals surface area contributed by atoms with Gasteiger partial charge in [0.1, 0.15) is 5.82 Å². The van der Waals surface area contributed by atoms with E-state index in [9.17, 15) is 9.18 Å². The van der Waals surface area contributed by atoms with E-state index in [2.05, 4.69) is 0 Å². The molecule has 0 spiro atoms. The fraction of sp³-hybridized carbons (Fsp3) is 0.111. The number of carbonyl (C=O) groups is 1. The van der Waals surface area contributed by atoms with Crippen LogP contribution in [0.5, 0.6) is 0 Å². The number of halogens is 1. The maximum absolute atomic E-state index is 12.7. The van der Waals surface area contributed by atoms with Crippen LogP contribution in [0.3, 0.4) is 0 Å². The zero-order valence-corrected chi connectivity index (χ0v) is 6.99. The zero-order valence-electron chi connectivity index (χ0n) is 6.99. The maximum Gasteiger partial charge on any atom is 0.329 e. The highest BCUT2D eigenvalue weighted by molar-refractivity contribution is 6.03. The number of rotatable bonds is 1. The lowest BCUT2D eigenvalue weighted by molar-refractivity contribution is -0.113. The molecule has 4 heteroatoms. The number of hydrogen-bond donors (Lipinski definition) is 0. The first-order chi connectivity index (χ1) is 6.15. The average Bonchev–Trinajstić information content (AvgIpc) is 2.15. The fourth-order valence-corrected chi connectivity index (χ4v) is 0.877. The predicted octanol–water partition coefficient (Wildman–Crippen LogP) is 1.31. The smallest absolute Gasteiger partial charge is 0.303 e. The molecule has 1 aromatic rings. The van der Waals surface area contributed by atoms with Crippen LogP contribution in [0.1, 0.15) is 0 Å². The topological polar surface area (TPSA) is 44.1 Å². The highest BCUT2D eigenvalue weighted by Crippen LogP contribution is 2.13. The second kappa shape index (κ2) is 3.68. The van der Waals surface area contributed by atoms with E-state index in [1.54, 1.807) is 6.07 Å². The number of hydrogen-bond acceptors (Lipinski definition) is 2. The van der Waals surface area contributed by atoms with Crippen LogP contribution in [0, 0.1) is 17.1 Å². The van der Waals surface area contributed by atoms with Crippen LogP contribution in [0.2, 0.25) is 0 Å². The number of benzene rings is 1. The normalized spacial score (nSPS) is 9.00. The molecule has 0 bridgehead atoms. The Morgan fingerprint density at radius 2 is 2.31 bits per heavy atom. The molecule has 0 aliphatic heterocycles. The van der Waals surface area contributed by atoms with Crippen LogP contribution in [0.4, 0.5) is 10.1 Å². The Labute approximate surface area is 75.0 Å². The summed E-state index contributed by atoms with van der Waals surface area (Å²) in [5.74, 6) is -1.15. The molecule has 0 unspecified atom stereocenters. The minimum atomic E-state index is -0.717. The van der Waals surface area contributed by atoms with Crippen molar-refractivity contribution in [2.24, 2.45) is 0 Å². The van der Waals surface area contributed by atoms with Crippen LogP contribution in [-0.2, 0) is 4.79 Å². The molecule has 0 aliphatic rings. The molecule has 66 valence electrons. The lowest BCUT2D eigenvalue weighted by Gasteiger charge is -2.12. The monoisotopic (exact) mass is 178 g/mol. The van der Waals surface area contributed by atoms with Gasteiger partial charge in [0.2, 0.25) is 0 Å². The van der Waals surface area contributed by atoms with Gasteiger partial charge in [-0.15, -0.1) is 0 Å². The van der Waals surface area contributed by atoms with Crippen LogP contribution in [0.25, 0.3) is 0 Å². The number of nitrogens with zero attached hydrogens (tertiary/aromatic N) is 2. The Kier molecular flexibility index (Phi) is 2.60. The first-order valence-corrected chi connectivity index (χ1v) is 3.58. The van der Waals surface area contributed by atoms with Crippen molar-refractivity contribution in [3.63, 3.8) is 0 Å². The predicted molar refractivity (Wildman–Crippen MR) is 45.4 cm³/mol. The van der Waals surface area contributed by atoms with E-state index in [1.165, 1.54) is 31.3 Å². The third-order valence-corrected chi connectivity index (χ3v) is 1.60. The molecule has 0 aliphatic carbocycles. The first-order valence-electron chi connectivity index (χ1n) is 3.58. The molecular formula is C9H7FN2O. The van der Waals surface area contributed by atoms with Crippen molar-refractivity contribution in [2.75, 3.05) is 11.9 Å². The molecule has 0 N–H and O–H groups in total. The van der Waals surface area contributed by atoms with E-state index < -0.39 is 11.7 Å². The van der Waals surface area contributed by atoms with Gasteiger partial charge in [0.05, 0.1) is 0 Å². The largest absolute Gasteiger partial charge is 0.329 e. The van der Waals surface area contributed by atoms with Crippen LogP contribution in [0.15, 0.2) is 24.3 Å². The van der Waals surface area contributed by atoms with Gasteiger partial charge in [-0.25, -0.2) is 4.39 Å². The van der Waals surface area contributed by atoms with Crippen molar-refractivity contribution >= 4 is 11.6 Å². The molecule has 0 atom stereocenters. The van der Waals surface area contributed by atoms with E-state index in [4.69, 9.17) is 5.26 Å². The summed E-state index contributed by atoms with van der Waals surface area (Å²) in [6.45, 7) is 0. The van der Waals surface area contributed by atoms with Crippen molar-refractivity contribution in [3.8, 4) is 6.07 Å². The Morgan fingerprint density at radius 1 is 1.62 bits per heavy atom. The summed E-state index contributed by atoms with van der Waals surface area (Å²) in [6.07, 6.45) is 0. The summed E-state index contributed by atoms with van der Waals surface area (Å²) in [6, 6.07) is 6.94. The van der Waals surface area contributed by atoms with E-state index in [1.807, 2.05) is 0 Å². The van der Waals surface area contributed by atoms with Gasteiger partial charge in [-0.3, -0.25) is 4.79 Å². The Bertz CT molecular complexity index is 370.